The molecule has 0 aliphatic carbocycles. The predicted molar refractivity (Wildman–Crippen MR) is 67.7 cm³/mol. The number of carbonyl (C=O) groups excluding carboxylic acids is 1. The molecule has 5 nitrogen and oxygen atoms in total. The first-order chi connectivity index (χ1) is 8.83. The average Bonchev–Trinajstić information content (AvgIpc) is 2.91. The second-order valence-corrected chi connectivity index (χ2v) is 4.88. The maximum Gasteiger partial charge on any atom is 0.231 e. The minimum atomic E-state index is -0.165. The van der Waals surface area contributed by atoms with Crippen molar-refractivity contribution < 1.29 is 9.53 Å². The second kappa shape index (κ2) is 4.73. The number of ether oxygens (including phenoxy) is 1. The molecule has 0 saturated carbocycles. The minimum Gasteiger partial charge on any atom is -0.492 e. The highest BCUT2D eigenvalue weighted by atomic mass is 32.1. The fourth-order valence-electron chi connectivity index (χ4n) is 1.94. The van der Waals surface area contributed by atoms with Crippen molar-refractivity contribution in [3.8, 4) is 5.75 Å². The molecule has 2 heterocycles. The standard InChI is InChI=1S/C12H11N3O2S/c16-12(14-11-6-13-15-18-11)9-5-8-3-1-2-4-10(8)17-7-9/h1-4,6,9H,5,7H2,(H,14,16)/t9-/m0/s1. The third-order valence-corrected chi connectivity index (χ3v) is 3.44. The number of carbonyl (C=O) groups is 1. The van der Waals surface area contributed by atoms with Crippen LogP contribution < -0.4 is 10.1 Å². The first-order valence-corrected chi connectivity index (χ1v) is 6.39. The third kappa shape index (κ3) is 2.19. The van der Waals surface area contributed by atoms with Gasteiger partial charge in [0.25, 0.3) is 0 Å². The Morgan fingerprint density at radius 3 is 3.17 bits per heavy atom. The van der Waals surface area contributed by atoms with Gasteiger partial charge in [0.1, 0.15) is 17.4 Å². The van der Waals surface area contributed by atoms with Crippen LogP contribution in [0.1, 0.15) is 5.56 Å². The van der Waals surface area contributed by atoms with E-state index in [1.54, 1.807) is 6.20 Å². The van der Waals surface area contributed by atoms with Crippen molar-refractivity contribution in [3.63, 3.8) is 0 Å². The topological polar surface area (TPSA) is 64.1 Å². The molecule has 1 atom stereocenters. The summed E-state index contributed by atoms with van der Waals surface area (Å²) in [5.74, 6) is 0.665. The van der Waals surface area contributed by atoms with Crippen molar-refractivity contribution in [3.05, 3.63) is 36.0 Å². The largest absolute Gasteiger partial charge is 0.492 e. The van der Waals surface area contributed by atoms with Crippen molar-refractivity contribution in [2.24, 2.45) is 5.92 Å². The summed E-state index contributed by atoms with van der Waals surface area (Å²) in [6, 6.07) is 7.80. The summed E-state index contributed by atoms with van der Waals surface area (Å²) in [4.78, 5) is 12.0. The van der Waals surface area contributed by atoms with Gasteiger partial charge in [-0.1, -0.05) is 22.7 Å². The second-order valence-electron chi connectivity index (χ2n) is 4.09. The first kappa shape index (κ1) is 11.2. The molecule has 0 radical (unpaired) electrons. The molecule has 1 aliphatic heterocycles. The van der Waals surface area contributed by atoms with E-state index in [1.807, 2.05) is 24.3 Å². The molecule has 92 valence electrons. The Balaban J connectivity index is 1.70. The smallest absolute Gasteiger partial charge is 0.231 e. The zero-order valence-corrected chi connectivity index (χ0v) is 10.3. The molecule has 6 heteroatoms. The van der Waals surface area contributed by atoms with Crippen LogP contribution in [-0.4, -0.2) is 22.1 Å². The fourth-order valence-corrected chi connectivity index (χ4v) is 2.36. The molecular weight excluding hydrogens is 250 g/mol. The van der Waals surface area contributed by atoms with Gasteiger partial charge in [-0.3, -0.25) is 4.79 Å². The Morgan fingerprint density at radius 2 is 2.33 bits per heavy atom. The Bertz CT molecular complexity index is 556. The van der Waals surface area contributed by atoms with Crippen LogP contribution in [0.15, 0.2) is 30.5 Å². The van der Waals surface area contributed by atoms with Crippen LogP contribution in [-0.2, 0) is 11.2 Å². The van der Waals surface area contributed by atoms with Crippen LogP contribution in [0.4, 0.5) is 5.00 Å². The number of rotatable bonds is 2. The van der Waals surface area contributed by atoms with Gasteiger partial charge in [-0.2, -0.15) is 0 Å². The van der Waals surface area contributed by atoms with Crippen LogP contribution in [0.3, 0.4) is 0 Å². The molecule has 0 saturated heterocycles. The summed E-state index contributed by atoms with van der Waals surface area (Å²) in [5, 5.41) is 7.14. The highest BCUT2D eigenvalue weighted by Gasteiger charge is 2.26. The number of hydrogen-bond donors (Lipinski definition) is 1. The molecule has 1 aromatic heterocycles. The normalized spacial score (nSPS) is 17.7. The van der Waals surface area contributed by atoms with Crippen molar-refractivity contribution >= 4 is 22.4 Å². The van der Waals surface area contributed by atoms with Crippen LogP contribution in [0.2, 0.25) is 0 Å². The molecule has 0 bridgehead atoms. The maximum atomic E-state index is 12.0. The summed E-state index contributed by atoms with van der Waals surface area (Å²) in [7, 11) is 0. The van der Waals surface area contributed by atoms with Crippen molar-refractivity contribution in [2.45, 2.75) is 6.42 Å². The van der Waals surface area contributed by atoms with Crippen LogP contribution in [0.25, 0.3) is 0 Å². The molecule has 0 unspecified atom stereocenters. The lowest BCUT2D eigenvalue weighted by atomic mass is 9.96. The summed E-state index contributed by atoms with van der Waals surface area (Å²) >= 11 is 1.17. The molecule has 2 aromatic rings. The highest BCUT2D eigenvalue weighted by Crippen LogP contribution is 2.27. The van der Waals surface area contributed by atoms with Crippen LogP contribution in [0.5, 0.6) is 5.75 Å². The number of anilines is 1. The van der Waals surface area contributed by atoms with Gasteiger partial charge in [0.2, 0.25) is 5.91 Å². The lowest BCUT2D eigenvalue weighted by molar-refractivity contribution is -0.121. The molecule has 1 aliphatic rings. The lowest BCUT2D eigenvalue weighted by Crippen LogP contribution is -2.32. The number of nitrogens with zero attached hydrogens (tertiary/aromatic N) is 2. The summed E-state index contributed by atoms with van der Waals surface area (Å²) < 4.78 is 9.29. The Morgan fingerprint density at radius 1 is 1.44 bits per heavy atom. The van der Waals surface area contributed by atoms with E-state index in [9.17, 15) is 4.79 Å². The van der Waals surface area contributed by atoms with Gasteiger partial charge in [-0.15, -0.1) is 5.10 Å². The van der Waals surface area contributed by atoms with Gasteiger partial charge in [-0.05, 0) is 18.1 Å². The molecule has 3 rings (SSSR count). The number of fused-ring (bicyclic) bond motifs is 1. The van der Waals surface area contributed by atoms with E-state index in [2.05, 4.69) is 14.9 Å². The van der Waals surface area contributed by atoms with Crippen molar-refractivity contribution in [1.82, 2.24) is 9.59 Å². The number of nitrogens with one attached hydrogen (secondary N) is 1. The quantitative estimate of drug-likeness (QED) is 0.894. The fraction of sp³-hybridized carbons (Fsp3) is 0.250. The van der Waals surface area contributed by atoms with Gasteiger partial charge in [-0.25, -0.2) is 0 Å². The third-order valence-electron chi connectivity index (χ3n) is 2.86. The Kier molecular flexibility index (Phi) is 2.93. The number of amides is 1. The predicted octanol–water partition coefficient (Wildman–Crippen LogP) is 1.73. The summed E-state index contributed by atoms with van der Waals surface area (Å²) in [6.07, 6.45) is 2.24. The van der Waals surface area contributed by atoms with E-state index in [4.69, 9.17) is 4.74 Å². The van der Waals surface area contributed by atoms with Gasteiger partial charge < -0.3 is 10.1 Å². The van der Waals surface area contributed by atoms with Gasteiger partial charge in [0.15, 0.2) is 0 Å². The number of para-hydroxylation sites is 1. The Labute approximate surface area is 108 Å². The SMILES string of the molecule is O=C(Nc1cnns1)[C@@H]1COc2ccccc2C1. The minimum absolute atomic E-state index is 0.0458. The molecule has 18 heavy (non-hydrogen) atoms. The monoisotopic (exact) mass is 261 g/mol. The zero-order valence-electron chi connectivity index (χ0n) is 9.50. The zero-order chi connectivity index (χ0) is 12.4. The van der Waals surface area contributed by atoms with E-state index in [0.717, 1.165) is 11.3 Å². The Hall–Kier alpha value is -1.95. The average molecular weight is 261 g/mol. The van der Waals surface area contributed by atoms with Gasteiger partial charge >= 0.3 is 0 Å². The molecule has 1 amide bonds. The number of benzene rings is 1. The number of aromatic nitrogens is 2. The van der Waals surface area contributed by atoms with Crippen LogP contribution in [0, 0.1) is 5.92 Å². The highest BCUT2D eigenvalue weighted by molar-refractivity contribution is 7.10. The maximum absolute atomic E-state index is 12.0. The van der Waals surface area contributed by atoms with E-state index < -0.39 is 0 Å². The van der Waals surface area contributed by atoms with E-state index in [-0.39, 0.29) is 11.8 Å². The van der Waals surface area contributed by atoms with Crippen LogP contribution >= 0.6 is 11.5 Å². The van der Waals surface area contributed by atoms with E-state index >= 15 is 0 Å². The lowest BCUT2D eigenvalue weighted by Gasteiger charge is -2.24. The molecule has 0 fully saturated rings. The summed E-state index contributed by atoms with van der Waals surface area (Å²) in [6.45, 7) is 0.412. The van der Waals surface area contributed by atoms with Crippen molar-refractivity contribution in [1.29, 1.82) is 0 Å². The van der Waals surface area contributed by atoms with Gasteiger partial charge in [0.05, 0.1) is 12.1 Å². The molecule has 0 spiro atoms. The van der Waals surface area contributed by atoms with Crippen molar-refractivity contribution in [2.75, 3.05) is 11.9 Å². The van der Waals surface area contributed by atoms with E-state index in [1.165, 1.54) is 11.5 Å². The van der Waals surface area contributed by atoms with E-state index in [0.29, 0.717) is 18.0 Å². The number of hydrogen-bond acceptors (Lipinski definition) is 5. The summed E-state index contributed by atoms with van der Waals surface area (Å²) in [5.41, 5.74) is 1.08. The first-order valence-electron chi connectivity index (χ1n) is 5.62. The molecule has 1 N–H and O–H groups in total. The molecule has 1 aromatic carbocycles. The van der Waals surface area contributed by atoms with Gasteiger partial charge in [0, 0.05) is 11.5 Å². The molecular formula is C12H11N3O2S.